The molecule has 1 amide bonds. The van der Waals surface area contributed by atoms with Gasteiger partial charge in [-0.15, -0.1) is 0 Å². The quantitative estimate of drug-likeness (QED) is 0.780. The molecule has 5 heteroatoms. The fourth-order valence-corrected chi connectivity index (χ4v) is 2.02. The molecule has 0 atom stereocenters. The number of hydrogen-bond donors (Lipinski definition) is 0. The van der Waals surface area contributed by atoms with E-state index in [1.54, 1.807) is 31.2 Å². The molecule has 1 aromatic rings. The molecule has 0 aliphatic carbocycles. The van der Waals surface area contributed by atoms with Crippen molar-refractivity contribution in [3.8, 4) is 5.75 Å². The Labute approximate surface area is 115 Å². The maximum atomic E-state index is 11.7. The topological polar surface area (TPSA) is 29.5 Å². The predicted molar refractivity (Wildman–Crippen MR) is 72.9 cm³/mol. The first kappa shape index (κ1) is 14.3. The van der Waals surface area contributed by atoms with Crippen molar-refractivity contribution in [1.82, 2.24) is 4.90 Å². The summed E-state index contributed by atoms with van der Waals surface area (Å²) in [5.41, 5.74) is 0.908. The number of carbonyl (C=O) groups is 1. The standard InChI is InChI=1S/C12H15BrClNO2/c1-15(12(16)5-6-13)8-9-7-10(14)3-4-11(9)17-2/h3-4,7H,5-6,8H2,1-2H3. The van der Waals surface area contributed by atoms with Gasteiger partial charge in [-0.3, -0.25) is 4.79 Å². The van der Waals surface area contributed by atoms with Crippen LogP contribution < -0.4 is 4.74 Å². The molecular weight excluding hydrogens is 305 g/mol. The lowest BCUT2D eigenvalue weighted by atomic mass is 10.2. The molecule has 0 aromatic heterocycles. The molecule has 0 saturated carbocycles. The van der Waals surface area contributed by atoms with Gasteiger partial charge in [0.05, 0.1) is 7.11 Å². The van der Waals surface area contributed by atoms with Gasteiger partial charge in [-0.1, -0.05) is 27.5 Å². The van der Waals surface area contributed by atoms with E-state index in [0.717, 1.165) is 11.3 Å². The lowest BCUT2D eigenvalue weighted by molar-refractivity contribution is -0.129. The zero-order valence-electron chi connectivity index (χ0n) is 9.87. The second kappa shape index (κ2) is 6.87. The molecule has 1 rings (SSSR count). The number of benzene rings is 1. The third-order valence-electron chi connectivity index (χ3n) is 2.38. The van der Waals surface area contributed by atoms with Crippen molar-refractivity contribution in [2.75, 3.05) is 19.5 Å². The van der Waals surface area contributed by atoms with E-state index < -0.39 is 0 Å². The van der Waals surface area contributed by atoms with Crippen LogP contribution in [0.2, 0.25) is 5.02 Å². The van der Waals surface area contributed by atoms with E-state index in [4.69, 9.17) is 16.3 Å². The van der Waals surface area contributed by atoms with Gasteiger partial charge in [0, 0.05) is 35.9 Å². The molecule has 0 bridgehead atoms. The summed E-state index contributed by atoms with van der Waals surface area (Å²) in [5, 5.41) is 1.31. The second-order valence-electron chi connectivity index (χ2n) is 3.64. The Kier molecular flexibility index (Phi) is 5.78. The monoisotopic (exact) mass is 319 g/mol. The van der Waals surface area contributed by atoms with E-state index in [9.17, 15) is 4.79 Å². The lowest BCUT2D eigenvalue weighted by Gasteiger charge is -2.18. The van der Waals surface area contributed by atoms with Crippen LogP contribution >= 0.6 is 27.5 Å². The highest BCUT2D eigenvalue weighted by molar-refractivity contribution is 9.09. The van der Waals surface area contributed by atoms with Crippen LogP contribution in [0.5, 0.6) is 5.75 Å². The van der Waals surface area contributed by atoms with Crippen molar-refractivity contribution >= 4 is 33.4 Å². The van der Waals surface area contributed by atoms with Crippen LogP contribution in [0.25, 0.3) is 0 Å². The maximum Gasteiger partial charge on any atom is 0.223 e. The van der Waals surface area contributed by atoms with Crippen LogP contribution in [0.1, 0.15) is 12.0 Å². The lowest BCUT2D eigenvalue weighted by Crippen LogP contribution is -2.26. The van der Waals surface area contributed by atoms with Gasteiger partial charge in [0.2, 0.25) is 5.91 Å². The minimum atomic E-state index is 0.0869. The molecule has 0 heterocycles. The number of ether oxygens (including phenoxy) is 1. The number of rotatable bonds is 5. The van der Waals surface area contributed by atoms with Gasteiger partial charge in [0.25, 0.3) is 0 Å². The predicted octanol–water partition coefficient (Wildman–Crippen LogP) is 3.09. The molecule has 0 aliphatic rings. The normalized spacial score (nSPS) is 10.1. The zero-order chi connectivity index (χ0) is 12.8. The molecule has 1 aromatic carbocycles. The Morgan fingerprint density at radius 3 is 2.82 bits per heavy atom. The Hall–Kier alpha value is -0.740. The van der Waals surface area contributed by atoms with E-state index in [1.807, 2.05) is 6.07 Å². The Morgan fingerprint density at radius 1 is 1.53 bits per heavy atom. The smallest absolute Gasteiger partial charge is 0.223 e. The summed E-state index contributed by atoms with van der Waals surface area (Å²) < 4.78 is 5.24. The number of halogens is 2. The fraction of sp³-hybridized carbons (Fsp3) is 0.417. The average molecular weight is 321 g/mol. The molecule has 94 valence electrons. The van der Waals surface area contributed by atoms with Gasteiger partial charge in [-0.2, -0.15) is 0 Å². The fourth-order valence-electron chi connectivity index (χ4n) is 1.49. The van der Waals surface area contributed by atoms with Gasteiger partial charge in [0.15, 0.2) is 0 Å². The number of methoxy groups -OCH3 is 1. The van der Waals surface area contributed by atoms with Gasteiger partial charge < -0.3 is 9.64 Å². The molecule has 0 unspecified atom stereocenters. The summed E-state index contributed by atoms with van der Waals surface area (Å²) >= 11 is 9.18. The van der Waals surface area contributed by atoms with Crippen LogP contribution in [0, 0.1) is 0 Å². The van der Waals surface area contributed by atoms with Crippen molar-refractivity contribution in [1.29, 1.82) is 0 Å². The van der Waals surface area contributed by atoms with Crippen LogP contribution in [-0.4, -0.2) is 30.3 Å². The summed E-state index contributed by atoms with van der Waals surface area (Å²) in [6.45, 7) is 0.496. The highest BCUT2D eigenvalue weighted by Crippen LogP contribution is 2.23. The minimum Gasteiger partial charge on any atom is -0.496 e. The molecule has 3 nitrogen and oxygen atoms in total. The van der Waals surface area contributed by atoms with E-state index >= 15 is 0 Å². The number of hydrogen-bond acceptors (Lipinski definition) is 2. The highest BCUT2D eigenvalue weighted by atomic mass is 79.9. The summed E-state index contributed by atoms with van der Waals surface area (Å²) in [5.74, 6) is 0.830. The van der Waals surface area contributed by atoms with Crippen LogP contribution in [0.4, 0.5) is 0 Å². The Morgan fingerprint density at radius 2 is 2.24 bits per heavy atom. The highest BCUT2D eigenvalue weighted by Gasteiger charge is 2.11. The van der Waals surface area contributed by atoms with Crippen molar-refractivity contribution < 1.29 is 9.53 Å². The van der Waals surface area contributed by atoms with Crippen LogP contribution in [0.3, 0.4) is 0 Å². The van der Waals surface area contributed by atoms with E-state index in [-0.39, 0.29) is 5.91 Å². The first-order valence-electron chi connectivity index (χ1n) is 5.20. The van der Waals surface area contributed by atoms with E-state index in [2.05, 4.69) is 15.9 Å². The summed E-state index contributed by atoms with van der Waals surface area (Å²) in [6.07, 6.45) is 0.485. The van der Waals surface area contributed by atoms with Crippen LogP contribution in [-0.2, 0) is 11.3 Å². The SMILES string of the molecule is COc1ccc(Cl)cc1CN(C)C(=O)CCBr. The van der Waals surface area contributed by atoms with Gasteiger partial charge in [-0.25, -0.2) is 0 Å². The van der Waals surface area contributed by atoms with Gasteiger partial charge in [0.1, 0.15) is 5.75 Å². The molecule has 0 spiro atoms. The third kappa shape index (κ3) is 4.21. The van der Waals surface area contributed by atoms with E-state index in [1.165, 1.54) is 0 Å². The first-order chi connectivity index (χ1) is 8.08. The third-order valence-corrected chi connectivity index (χ3v) is 3.02. The maximum absolute atomic E-state index is 11.7. The number of nitrogens with zero attached hydrogens (tertiary/aromatic N) is 1. The van der Waals surface area contributed by atoms with Crippen molar-refractivity contribution in [3.05, 3.63) is 28.8 Å². The first-order valence-corrected chi connectivity index (χ1v) is 6.70. The van der Waals surface area contributed by atoms with Gasteiger partial charge >= 0.3 is 0 Å². The molecule has 0 aliphatic heterocycles. The Balaban J connectivity index is 2.79. The summed E-state index contributed by atoms with van der Waals surface area (Å²) in [6, 6.07) is 5.39. The zero-order valence-corrected chi connectivity index (χ0v) is 12.2. The molecule has 0 fully saturated rings. The number of amides is 1. The Bertz CT molecular complexity index is 398. The van der Waals surface area contributed by atoms with Crippen molar-refractivity contribution in [2.45, 2.75) is 13.0 Å². The molecule has 0 saturated heterocycles. The molecule has 0 N–H and O–H groups in total. The molecule has 17 heavy (non-hydrogen) atoms. The molecule has 0 radical (unpaired) electrons. The van der Waals surface area contributed by atoms with E-state index in [0.29, 0.717) is 23.3 Å². The van der Waals surface area contributed by atoms with Crippen molar-refractivity contribution in [3.63, 3.8) is 0 Å². The van der Waals surface area contributed by atoms with Gasteiger partial charge in [-0.05, 0) is 18.2 Å². The number of carbonyl (C=O) groups excluding carboxylic acids is 1. The molecular formula is C12H15BrClNO2. The summed E-state index contributed by atoms with van der Waals surface area (Å²) in [4.78, 5) is 13.3. The largest absolute Gasteiger partial charge is 0.496 e. The van der Waals surface area contributed by atoms with Crippen LogP contribution in [0.15, 0.2) is 18.2 Å². The average Bonchev–Trinajstić information content (AvgIpc) is 2.29. The summed E-state index contributed by atoms with van der Waals surface area (Å²) in [7, 11) is 3.37. The van der Waals surface area contributed by atoms with Crippen molar-refractivity contribution in [2.24, 2.45) is 0 Å². The second-order valence-corrected chi connectivity index (χ2v) is 4.87. The number of alkyl halides is 1. The minimum absolute atomic E-state index is 0.0869.